The molecule has 16 heavy (non-hydrogen) atoms. The highest BCUT2D eigenvalue weighted by atomic mass is 16.5. The molecule has 0 heterocycles. The first-order chi connectivity index (χ1) is 7.58. The van der Waals surface area contributed by atoms with Gasteiger partial charge in [-0.15, -0.1) is 0 Å². The number of nitrogens with zero attached hydrogens (tertiary/aromatic N) is 2. The Labute approximate surface area is 96.2 Å². The van der Waals surface area contributed by atoms with Gasteiger partial charge in [0.25, 0.3) is 0 Å². The molecule has 1 aromatic carbocycles. The van der Waals surface area contributed by atoms with Gasteiger partial charge in [0.15, 0.2) is 6.10 Å². The van der Waals surface area contributed by atoms with E-state index < -0.39 is 6.10 Å². The molecule has 0 saturated heterocycles. The van der Waals surface area contributed by atoms with Gasteiger partial charge < -0.3 is 15.4 Å². The molecule has 0 fully saturated rings. The molecule has 2 N–H and O–H groups in total. The maximum Gasteiger partial charge on any atom is 0.184 e. The van der Waals surface area contributed by atoms with E-state index in [9.17, 15) is 0 Å². The maximum absolute atomic E-state index is 8.83. The van der Waals surface area contributed by atoms with E-state index in [1.165, 1.54) is 0 Å². The highest BCUT2D eigenvalue weighted by Gasteiger charge is 2.10. The molecule has 0 radical (unpaired) electrons. The molecule has 0 aliphatic rings. The van der Waals surface area contributed by atoms with Crippen molar-refractivity contribution in [3.8, 4) is 11.8 Å². The van der Waals surface area contributed by atoms with Crippen LogP contribution in [0.2, 0.25) is 0 Å². The predicted molar refractivity (Wildman–Crippen MR) is 65.5 cm³/mol. The second-order valence-electron chi connectivity index (χ2n) is 3.76. The van der Waals surface area contributed by atoms with E-state index in [-0.39, 0.29) is 0 Å². The number of hydrogen-bond acceptors (Lipinski definition) is 4. The predicted octanol–water partition coefficient (Wildman–Crippen LogP) is 2.02. The first-order valence-electron chi connectivity index (χ1n) is 5.21. The largest absolute Gasteiger partial charge is 0.473 e. The Kier molecular flexibility index (Phi) is 4.01. The molecular formula is C12H17N3O. The van der Waals surface area contributed by atoms with Gasteiger partial charge in [-0.1, -0.05) is 6.92 Å². The number of ether oxygens (including phenoxy) is 1. The summed E-state index contributed by atoms with van der Waals surface area (Å²) in [4.78, 5) is 1.96. The zero-order chi connectivity index (χ0) is 12.1. The molecule has 4 heteroatoms. The zero-order valence-electron chi connectivity index (χ0n) is 9.90. The third kappa shape index (κ3) is 2.80. The van der Waals surface area contributed by atoms with E-state index in [0.717, 1.165) is 5.69 Å². The highest BCUT2D eigenvalue weighted by molar-refractivity contribution is 5.62. The summed E-state index contributed by atoms with van der Waals surface area (Å²) in [5.41, 5.74) is 7.35. The average molecular weight is 219 g/mol. The van der Waals surface area contributed by atoms with Crippen LogP contribution in [0.4, 0.5) is 11.4 Å². The van der Waals surface area contributed by atoms with Crippen LogP contribution in [-0.2, 0) is 0 Å². The van der Waals surface area contributed by atoms with Crippen LogP contribution in [0, 0.1) is 11.3 Å². The first kappa shape index (κ1) is 12.2. The van der Waals surface area contributed by atoms with Gasteiger partial charge >= 0.3 is 0 Å². The minimum absolute atomic E-state index is 0.445. The minimum Gasteiger partial charge on any atom is -0.473 e. The number of hydrogen-bond donors (Lipinski definition) is 1. The molecule has 0 aliphatic heterocycles. The van der Waals surface area contributed by atoms with Crippen LogP contribution in [0.15, 0.2) is 18.2 Å². The Bertz CT molecular complexity index is 396. The summed E-state index contributed by atoms with van der Waals surface area (Å²) < 4.78 is 5.52. The van der Waals surface area contributed by atoms with Gasteiger partial charge in [-0.25, -0.2) is 0 Å². The van der Waals surface area contributed by atoms with Gasteiger partial charge in [-0.05, 0) is 18.6 Å². The summed E-state index contributed by atoms with van der Waals surface area (Å²) in [7, 11) is 3.88. The molecule has 0 spiro atoms. The molecule has 0 saturated carbocycles. The van der Waals surface area contributed by atoms with Crippen molar-refractivity contribution in [2.24, 2.45) is 0 Å². The third-order valence-electron chi connectivity index (χ3n) is 2.30. The molecule has 1 unspecified atom stereocenters. The lowest BCUT2D eigenvalue weighted by Gasteiger charge is -2.17. The Balaban J connectivity index is 2.94. The quantitative estimate of drug-likeness (QED) is 0.787. The van der Waals surface area contributed by atoms with Crippen molar-refractivity contribution in [3.63, 3.8) is 0 Å². The Morgan fingerprint density at radius 2 is 2.19 bits per heavy atom. The topological polar surface area (TPSA) is 62.3 Å². The normalized spacial score (nSPS) is 11.6. The van der Waals surface area contributed by atoms with Crippen LogP contribution >= 0.6 is 0 Å². The number of nitrogen functional groups attached to an aromatic ring is 1. The monoisotopic (exact) mass is 219 g/mol. The van der Waals surface area contributed by atoms with Gasteiger partial charge in [0, 0.05) is 25.8 Å². The fraction of sp³-hybridized carbons (Fsp3) is 0.417. The number of nitrogens with two attached hydrogens (primary N) is 1. The zero-order valence-corrected chi connectivity index (χ0v) is 9.90. The summed E-state index contributed by atoms with van der Waals surface area (Å²) in [6.45, 7) is 1.90. The van der Waals surface area contributed by atoms with Crippen molar-refractivity contribution in [3.05, 3.63) is 18.2 Å². The summed E-state index contributed by atoms with van der Waals surface area (Å²) in [5.74, 6) is 0.569. The van der Waals surface area contributed by atoms with Crippen LogP contribution < -0.4 is 15.4 Å². The third-order valence-corrected chi connectivity index (χ3v) is 2.30. The Morgan fingerprint density at radius 3 is 2.69 bits per heavy atom. The maximum atomic E-state index is 8.83. The summed E-state index contributed by atoms with van der Waals surface area (Å²) in [6, 6.07) is 7.63. The van der Waals surface area contributed by atoms with Crippen molar-refractivity contribution in [1.29, 1.82) is 5.26 Å². The summed E-state index contributed by atoms with van der Waals surface area (Å²) in [6.07, 6.45) is 0.196. The molecule has 0 amide bonds. The second kappa shape index (κ2) is 5.26. The smallest absolute Gasteiger partial charge is 0.184 e. The number of rotatable bonds is 4. The average Bonchev–Trinajstić information content (AvgIpc) is 2.27. The fourth-order valence-corrected chi connectivity index (χ4v) is 1.26. The number of benzene rings is 1. The number of anilines is 2. The molecular weight excluding hydrogens is 202 g/mol. The van der Waals surface area contributed by atoms with Crippen molar-refractivity contribution < 1.29 is 4.74 Å². The molecule has 1 aromatic rings. The standard InChI is InChI=1S/C12H17N3O/c1-4-10(8-13)16-12-7-9(15(2)3)5-6-11(12)14/h5-7,10H,4,14H2,1-3H3. The molecule has 1 atom stereocenters. The van der Waals surface area contributed by atoms with E-state index in [0.29, 0.717) is 17.9 Å². The molecule has 86 valence electrons. The molecule has 0 aliphatic carbocycles. The SMILES string of the molecule is CCC(C#N)Oc1cc(N(C)C)ccc1N. The molecule has 0 aromatic heterocycles. The van der Waals surface area contributed by atoms with E-state index in [2.05, 4.69) is 6.07 Å². The van der Waals surface area contributed by atoms with E-state index in [1.807, 2.05) is 38.1 Å². The van der Waals surface area contributed by atoms with E-state index in [4.69, 9.17) is 15.7 Å². The minimum atomic E-state index is -0.445. The lowest BCUT2D eigenvalue weighted by molar-refractivity contribution is 0.253. The summed E-state index contributed by atoms with van der Waals surface area (Å²) in [5, 5.41) is 8.83. The van der Waals surface area contributed by atoms with Gasteiger partial charge in [0.2, 0.25) is 0 Å². The van der Waals surface area contributed by atoms with Crippen LogP contribution in [-0.4, -0.2) is 20.2 Å². The molecule has 1 rings (SSSR count). The van der Waals surface area contributed by atoms with Crippen LogP contribution in [0.1, 0.15) is 13.3 Å². The van der Waals surface area contributed by atoms with Crippen molar-refractivity contribution in [2.75, 3.05) is 24.7 Å². The Morgan fingerprint density at radius 1 is 1.50 bits per heavy atom. The van der Waals surface area contributed by atoms with Crippen LogP contribution in [0.5, 0.6) is 5.75 Å². The van der Waals surface area contributed by atoms with Crippen molar-refractivity contribution in [2.45, 2.75) is 19.4 Å². The van der Waals surface area contributed by atoms with Gasteiger partial charge in [-0.3, -0.25) is 0 Å². The number of nitriles is 1. The van der Waals surface area contributed by atoms with Gasteiger partial charge in [0.05, 0.1) is 5.69 Å². The van der Waals surface area contributed by atoms with Crippen molar-refractivity contribution >= 4 is 11.4 Å². The Hall–Kier alpha value is -1.89. The highest BCUT2D eigenvalue weighted by Crippen LogP contribution is 2.27. The van der Waals surface area contributed by atoms with Crippen molar-refractivity contribution in [1.82, 2.24) is 0 Å². The lowest BCUT2D eigenvalue weighted by Crippen LogP contribution is -2.14. The lowest BCUT2D eigenvalue weighted by atomic mass is 10.2. The molecule has 0 bridgehead atoms. The molecule has 4 nitrogen and oxygen atoms in total. The summed E-state index contributed by atoms with van der Waals surface area (Å²) >= 11 is 0. The van der Waals surface area contributed by atoms with Gasteiger partial charge in [-0.2, -0.15) is 5.26 Å². The first-order valence-corrected chi connectivity index (χ1v) is 5.21. The fourth-order valence-electron chi connectivity index (χ4n) is 1.26. The second-order valence-corrected chi connectivity index (χ2v) is 3.76. The van der Waals surface area contributed by atoms with Crippen LogP contribution in [0.25, 0.3) is 0 Å². The van der Waals surface area contributed by atoms with E-state index >= 15 is 0 Å². The van der Waals surface area contributed by atoms with E-state index in [1.54, 1.807) is 6.07 Å². The van der Waals surface area contributed by atoms with Crippen LogP contribution in [0.3, 0.4) is 0 Å². The van der Waals surface area contributed by atoms with Gasteiger partial charge in [0.1, 0.15) is 11.8 Å².